The quantitative estimate of drug-likeness (QED) is 0.643. The summed E-state index contributed by atoms with van der Waals surface area (Å²) in [5.74, 6) is -0.851. The molecule has 0 spiro atoms. The summed E-state index contributed by atoms with van der Waals surface area (Å²) < 4.78 is 53.2. The normalized spacial score (nSPS) is 11.7. The van der Waals surface area contributed by atoms with Crippen molar-refractivity contribution in [1.82, 2.24) is 0 Å². The molecule has 0 aliphatic rings. The van der Waals surface area contributed by atoms with Gasteiger partial charge in [0.05, 0.1) is 5.56 Å². The zero-order valence-electron chi connectivity index (χ0n) is 11.9. The first-order valence-corrected chi connectivity index (χ1v) is 6.86. The minimum absolute atomic E-state index is 0.273. The third-order valence-corrected chi connectivity index (χ3v) is 3.58. The third-order valence-electron chi connectivity index (χ3n) is 3.58. The predicted octanol–water partition coefficient (Wildman–Crippen LogP) is 5.64. The first kappa shape index (κ1) is 15.5. The van der Waals surface area contributed by atoms with E-state index in [4.69, 9.17) is 0 Å². The van der Waals surface area contributed by atoms with Gasteiger partial charge in [0.1, 0.15) is 5.82 Å². The van der Waals surface area contributed by atoms with E-state index in [9.17, 15) is 17.6 Å². The average molecular weight is 296 g/mol. The number of halogens is 4. The fourth-order valence-electron chi connectivity index (χ4n) is 2.51. The van der Waals surface area contributed by atoms with Crippen molar-refractivity contribution in [1.29, 1.82) is 0 Å². The van der Waals surface area contributed by atoms with Crippen LogP contribution in [0.3, 0.4) is 0 Å². The van der Waals surface area contributed by atoms with Crippen molar-refractivity contribution in [2.24, 2.45) is 0 Å². The lowest BCUT2D eigenvalue weighted by atomic mass is 9.93. The summed E-state index contributed by atoms with van der Waals surface area (Å²) in [5, 5.41) is 0. The Kier molecular flexibility index (Phi) is 4.35. The summed E-state index contributed by atoms with van der Waals surface area (Å²) >= 11 is 0. The molecule has 4 heteroatoms. The molecule has 0 fully saturated rings. The number of hydrogen-bond donors (Lipinski definition) is 0. The lowest BCUT2D eigenvalue weighted by molar-refractivity contribution is -0.137. The van der Waals surface area contributed by atoms with Crippen molar-refractivity contribution in [3.05, 3.63) is 58.9 Å². The first-order valence-electron chi connectivity index (χ1n) is 6.86. The molecule has 0 aromatic heterocycles. The van der Waals surface area contributed by atoms with Crippen LogP contribution in [0.5, 0.6) is 0 Å². The lowest BCUT2D eigenvalue weighted by Crippen LogP contribution is -2.08. The van der Waals surface area contributed by atoms with Gasteiger partial charge in [-0.05, 0) is 41.7 Å². The molecule has 2 rings (SSSR count). The highest BCUT2D eigenvalue weighted by Gasteiger charge is 2.34. The molecule has 0 N–H and O–H groups in total. The van der Waals surface area contributed by atoms with Crippen LogP contribution in [0.2, 0.25) is 0 Å². The topological polar surface area (TPSA) is 0 Å². The maximum atomic E-state index is 14.0. The molecular formula is C17H16F4. The summed E-state index contributed by atoms with van der Waals surface area (Å²) in [6, 6.07) is 8.06. The van der Waals surface area contributed by atoms with E-state index in [1.54, 1.807) is 18.2 Å². The van der Waals surface area contributed by atoms with Crippen molar-refractivity contribution in [3.8, 4) is 11.1 Å². The Bertz CT molecular complexity index is 642. The average Bonchev–Trinajstić information content (AvgIpc) is 2.45. The summed E-state index contributed by atoms with van der Waals surface area (Å²) in [6.07, 6.45) is -3.08. The van der Waals surface area contributed by atoms with Crippen LogP contribution in [0.25, 0.3) is 11.1 Å². The van der Waals surface area contributed by atoms with E-state index in [1.165, 1.54) is 0 Å². The zero-order chi connectivity index (χ0) is 15.6. The van der Waals surface area contributed by atoms with Crippen LogP contribution in [-0.2, 0) is 19.0 Å². The SMILES string of the molecule is CCc1ccc(-c2c(F)cccc2C(F)(F)F)cc1CC. The van der Waals surface area contributed by atoms with Gasteiger partial charge in [-0.2, -0.15) is 13.2 Å². The van der Waals surface area contributed by atoms with E-state index in [-0.39, 0.29) is 11.1 Å². The summed E-state index contributed by atoms with van der Waals surface area (Å²) in [5.41, 5.74) is 0.989. The van der Waals surface area contributed by atoms with Crippen LogP contribution >= 0.6 is 0 Å². The van der Waals surface area contributed by atoms with Crippen LogP contribution in [0.4, 0.5) is 17.6 Å². The molecule has 0 saturated heterocycles. The van der Waals surface area contributed by atoms with Gasteiger partial charge in [-0.1, -0.05) is 38.1 Å². The highest BCUT2D eigenvalue weighted by atomic mass is 19.4. The smallest absolute Gasteiger partial charge is 0.206 e. The van der Waals surface area contributed by atoms with E-state index in [0.717, 1.165) is 35.7 Å². The molecule has 112 valence electrons. The highest BCUT2D eigenvalue weighted by Crippen LogP contribution is 2.39. The standard InChI is InChI=1S/C17H16F4/c1-3-11-8-9-13(10-12(11)4-2)16-14(17(19,20)21)6-5-7-15(16)18/h5-10H,3-4H2,1-2H3. The largest absolute Gasteiger partial charge is 0.417 e. The minimum Gasteiger partial charge on any atom is -0.206 e. The zero-order valence-corrected chi connectivity index (χ0v) is 11.9. The monoisotopic (exact) mass is 296 g/mol. The second kappa shape index (κ2) is 5.88. The van der Waals surface area contributed by atoms with Gasteiger partial charge >= 0.3 is 6.18 Å². The summed E-state index contributed by atoms with van der Waals surface area (Å²) in [4.78, 5) is 0. The molecule has 0 nitrogen and oxygen atoms in total. The number of benzene rings is 2. The molecule has 0 saturated carbocycles. The van der Waals surface area contributed by atoms with Crippen LogP contribution in [0, 0.1) is 5.82 Å². The van der Waals surface area contributed by atoms with Crippen molar-refractivity contribution in [2.45, 2.75) is 32.9 Å². The number of rotatable bonds is 3. The lowest BCUT2D eigenvalue weighted by Gasteiger charge is -2.15. The Hall–Kier alpha value is -1.84. The summed E-state index contributed by atoms with van der Waals surface area (Å²) in [6.45, 7) is 3.92. The Morgan fingerprint density at radius 1 is 0.905 bits per heavy atom. The predicted molar refractivity (Wildman–Crippen MR) is 75.6 cm³/mol. The van der Waals surface area contributed by atoms with Gasteiger partial charge in [0.15, 0.2) is 0 Å². The van der Waals surface area contributed by atoms with Gasteiger partial charge in [0.2, 0.25) is 0 Å². The van der Waals surface area contributed by atoms with Gasteiger partial charge < -0.3 is 0 Å². The fourth-order valence-corrected chi connectivity index (χ4v) is 2.51. The van der Waals surface area contributed by atoms with Crippen LogP contribution in [0.15, 0.2) is 36.4 Å². The molecule has 0 aliphatic carbocycles. The van der Waals surface area contributed by atoms with Gasteiger partial charge in [-0.25, -0.2) is 4.39 Å². The minimum atomic E-state index is -4.58. The van der Waals surface area contributed by atoms with Crippen LogP contribution < -0.4 is 0 Å². The molecule has 0 atom stereocenters. The molecule has 0 unspecified atom stereocenters. The van der Waals surface area contributed by atoms with Crippen LogP contribution in [-0.4, -0.2) is 0 Å². The van der Waals surface area contributed by atoms with Crippen LogP contribution in [0.1, 0.15) is 30.5 Å². The first-order chi connectivity index (χ1) is 9.88. The van der Waals surface area contributed by atoms with Gasteiger partial charge in [-0.3, -0.25) is 0 Å². The molecule has 0 bridgehead atoms. The Morgan fingerprint density at radius 2 is 1.57 bits per heavy atom. The maximum absolute atomic E-state index is 14.0. The van der Waals surface area contributed by atoms with Crippen molar-refractivity contribution in [3.63, 3.8) is 0 Å². The van der Waals surface area contributed by atoms with Crippen molar-refractivity contribution in [2.75, 3.05) is 0 Å². The molecular weight excluding hydrogens is 280 g/mol. The molecule has 2 aromatic carbocycles. The van der Waals surface area contributed by atoms with Crippen molar-refractivity contribution < 1.29 is 17.6 Å². The molecule has 0 amide bonds. The third kappa shape index (κ3) is 3.09. The second-order valence-electron chi connectivity index (χ2n) is 4.85. The number of alkyl halides is 3. The van der Waals surface area contributed by atoms with Gasteiger partial charge in [0.25, 0.3) is 0 Å². The second-order valence-corrected chi connectivity index (χ2v) is 4.85. The van der Waals surface area contributed by atoms with Gasteiger partial charge in [-0.15, -0.1) is 0 Å². The Morgan fingerprint density at radius 3 is 2.14 bits per heavy atom. The van der Waals surface area contributed by atoms with E-state index < -0.39 is 17.6 Å². The molecule has 21 heavy (non-hydrogen) atoms. The van der Waals surface area contributed by atoms with E-state index in [2.05, 4.69) is 0 Å². The van der Waals surface area contributed by atoms with E-state index >= 15 is 0 Å². The van der Waals surface area contributed by atoms with Gasteiger partial charge in [0, 0.05) is 5.56 Å². The summed E-state index contributed by atoms with van der Waals surface area (Å²) in [7, 11) is 0. The Labute approximate surface area is 121 Å². The highest BCUT2D eigenvalue weighted by molar-refractivity contribution is 5.70. The van der Waals surface area contributed by atoms with E-state index in [0.29, 0.717) is 6.42 Å². The van der Waals surface area contributed by atoms with E-state index in [1.807, 2.05) is 13.8 Å². The molecule has 0 aliphatic heterocycles. The maximum Gasteiger partial charge on any atom is 0.417 e. The Balaban J connectivity index is 2.67. The number of hydrogen-bond acceptors (Lipinski definition) is 0. The van der Waals surface area contributed by atoms with Crippen molar-refractivity contribution >= 4 is 0 Å². The molecule has 2 aromatic rings. The number of aryl methyl sites for hydroxylation is 2. The molecule has 0 radical (unpaired) electrons. The molecule has 0 heterocycles. The fraction of sp³-hybridized carbons (Fsp3) is 0.294.